The van der Waals surface area contributed by atoms with Gasteiger partial charge in [-0.3, -0.25) is 0 Å². The highest BCUT2D eigenvalue weighted by Crippen LogP contribution is 2.24. The Balaban J connectivity index is 2.53. The topological polar surface area (TPSA) is 35.8 Å². The van der Waals surface area contributed by atoms with Crippen molar-refractivity contribution in [1.29, 1.82) is 5.26 Å². The van der Waals surface area contributed by atoms with Crippen LogP contribution >= 0.6 is 0 Å². The maximum atomic E-state index is 8.80. The number of para-hydroxylation sites is 1. The Labute approximate surface area is 71.8 Å². The molecule has 12 heavy (non-hydrogen) atoms. The average molecular weight is 158 g/mol. The molecule has 1 aromatic carbocycles. The van der Waals surface area contributed by atoms with Crippen LogP contribution in [0.4, 0.5) is 5.69 Å². The molecule has 60 valence electrons. The number of hydrogen-bond donors (Lipinski definition) is 1. The third-order valence-electron chi connectivity index (χ3n) is 2.20. The van der Waals surface area contributed by atoms with Crippen molar-refractivity contribution < 1.29 is 0 Å². The van der Waals surface area contributed by atoms with Crippen molar-refractivity contribution in [3.05, 3.63) is 29.3 Å². The zero-order valence-corrected chi connectivity index (χ0v) is 6.80. The van der Waals surface area contributed by atoms with Crippen LogP contribution in [0.2, 0.25) is 0 Å². The summed E-state index contributed by atoms with van der Waals surface area (Å²) in [6.07, 6.45) is 2.26. The summed E-state index contributed by atoms with van der Waals surface area (Å²) in [6, 6.07) is 8.09. The van der Waals surface area contributed by atoms with Gasteiger partial charge >= 0.3 is 0 Å². The van der Waals surface area contributed by atoms with Crippen molar-refractivity contribution in [2.24, 2.45) is 0 Å². The highest BCUT2D eigenvalue weighted by atomic mass is 14.9. The van der Waals surface area contributed by atoms with Gasteiger partial charge in [0.15, 0.2) is 0 Å². The second-order valence-electron chi connectivity index (χ2n) is 2.98. The third-order valence-corrected chi connectivity index (χ3v) is 2.20. The molecule has 0 saturated carbocycles. The molecule has 2 nitrogen and oxygen atoms in total. The van der Waals surface area contributed by atoms with E-state index in [9.17, 15) is 0 Å². The normalized spacial score (nSPS) is 14.2. The van der Waals surface area contributed by atoms with Crippen LogP contribution in [0.5, 0.6) is 0 Å². The number of fused-ring (bicyclic) bond motifs is 1. The second-order valence-corrected chi connectivity index (χ2v) is 2.98. The van der Waals surface area contributed by atoms with Gasteiger partial charge in [-0.05, 0) is 24.5 Å². The molecule has 0 bridgehead atoms. The lowest BCUT2D eigenvalue weighted by Gasteiger charge is -2.18. The van der Waals surface area contributed by atoms with Gasteiger partial charge in [-0.2, -0.15) is 5.26 Å². The van der Waals surface area contributed by atoms with Gasteiger partial charge in [-0.25, -0.2) is 0 Å². The summed E-state index contributed by atoms with van der Waals surface area (Å²) in [7, 11) is 0. The number of aryl methyl sites for hydroxylation is 1. The molecule has 2 heteroatoms. The molecule has 1 aromatic rings. The van der Waals surface area contributed by atoms with Gasteiger partial charge in [-0.15, -0.1) is 0 Å². The second kappa shape index (κ2) is 2.86. The van der Waals surface area contributed by atoms with E-state index in [-0.39, 0.29) is 0 Å². The Bertz CT molecular complexity index is 336. The molecule has 0 radical (unpaired) electrons. The van der Waals surface area contributed by atoms with E-state index in [0.29, 0.717) is 0 Å². The van der Waals surface area contributed by atoms with Crippen LogP contribution in [0.15, 0.2) is 18.2 Å². The van der Waals surface area contributed by atoms with Gasteiger partial charge in [0.2, 0.25) is 0 Å². The van der Waals surface area contributed by atoms with Gasteiger partial charge in [0.1, 0.15) is 6.07 Å². The standard InChI is InChI=1S/C10H10N2/c11-7-9-4-1-3-8-5-2-6-12-10(8)9/h1,3-4,12H,2,5-6H2. The minimum Gasteiger partial charge on any atom is -0.384 e. The Kier molecular flexibility index (Phi) is 1.71. The first-order valence-electron chi connectivity index (χ1n) is 4.17. The molecule has 1 aliphatic heterocycles. The maximum absolute atomic E-state index is 8.80. The Morgan fingerprint density at radius 1 is 1.42 bits per heavy atom. The lowest BCUT2D eigenvalue weighted by Crippen LogP contribution is -2.12. The predicted octanol–water partition coefficient (Wildman–Crippen LogP) is 1.92. The number of hydrogen-bond acceptors (Lipinski definition) is 2. The molecule has 1 N–H and O–H groups in total. The van der Waals surface area contributed by atoms with Gasteiger partial charge in [0, 0.05) is 6.54 Å². The lowest BCUT2D eigenvalue weighted by molar-refractivity contribution is 0.829. The van der Waals surface area contributed by atoms with Gasteiger partial charge in [0.05, 0.1) is 11.3 Å². The van der Waals surface area contributed by atoms with E-state index < -0.39 is 0 Å². The smallest absolute Gasteiger partial charge is 0.101 e. The van der Waals surface area contributed by atoms with Crippen molar-refractivity contribution in [3.63, 3.8) is 0 Å². The number of rotatable bonds is 0. The van der Waals surface area contributed by atoms with E-state index in [4.69, 9.17) is 5.26 Å². The van der Waals surface area contributed by atoms with Crippen molar-refractivity contribution in [3.8, 4) is 6.07 Å². The van der Waals surface area contributed by atoms with Crippen LogP contribution in [-0.4, -0.2) is 6.54 Å². The molecule has 1 heterocycles. The molecule has 2 rings (SSSR count). The first kappa shape index (κ1) is 7.17. The van der Waals surface area contributed by atoms with Crippen LogP contribution in [0.25, 0.3) is 0 Å². The quantitative estimate of drug-likeness (QED) is 0.626. The highest BCUT2D eigenvalue weighted by Gasteiger charge is 2.10. The number of benzene rings is 1. The molecule has 1 aliphatic rings. The van der Waals surface area contributed by atoms with E-state index in [1.807, 2.05) is 12.1 Å². The van der Waals surface area contributed by atoms with Crippen molar-refractivity contribution >= 4 is 5.69 Å². The summed E-state index contributed by atoms with van der Waals surface area (Å²) < 4.78 is 0. The lowest BCUT2D eigenvalue weighted by atomic mass is 10.0. The number of anilines is 1. The SMILES string of the molecule is N#Cc1cccc2c1NCCC2. The van der Waals surface area contributed by atoms with Crippen LogP contribution in [0.1, 0.15) is 17.5 Å². The molecular weight excluding hydrogens is 148 g/mol. The molecule has 0 aliphatic carbocycles. The average Bonchev–Trinajstić information content (AvgIpc) is 2.17. The highest BCUT2D eigenvalue weighted by molar-refractivity contribution is 5.63. The number of nitriles is 1. The molecule has 0 saturated heterocycles. The Hall–Kier alpha value is -1.49. The summed E-state index contributed by atoms with van der Waals surface area (Å²) in [5.74, 6) is 0. The number of nitrogens with one attached hydrogen (secondary N) is 1. The van der Waals surface area contributed by atoms with Crippen LogP contribution in [-0.2, 0) is 6.42 Å². The van der Waals surface area contributed by atoms with Crippen molar-refractivity contribution in [2.75, 3.05) is 11.9 Å². The minimum absolute atomic E-state index is 0.771. The summed E-state index contributed by atoms with van der Waals surface area (Å²) in [6.45, 7) is 0.992. The molecule has 0 unspecified atom stereocenters. The molecule has 0 amide bonds. The summed E-state index contributed by atoms with van der Waals surface area (Å²) in [4.78, 5) is 0. The van der Waals surface area contributed by atoms with Crippen molar-refractivity contribution in [2.45, 2.75) is 12.8 Å². The van der Waals surface area contributed by atoms with E-state index in [1.165, 1.54) is 12.0 Å². The molecule has 0 aromatic heterocycles. The van der Waals surface area contributed by atoms with Gasteiger partial charge in [0.25, 0.3) is 0 Å². The first-order chi connectivity index (χ1) is 5.92. The Morgan fingerprint density at radius 2 is 2.33 bits per heavy atom. The zero-order valence-electron chi connectivity index (χ0n) is 6.80. The van der Waals surface area contributed by atoms with E-state index in [0.717, 1.165) is 24.2 Å². The molecule has 0 fully saturated rings. The fraction of sp³-hybridized carbons (Fsp3) is 0.300. The monoisotopic (exact) mass is 158 g/mol. The fourth-order valence-corrected chi connectivity index (χ4v) is 1.60. The first-order valence-corrected chi connectivity index (χ1v) is 4.17. The number of nitrogens with zero attached hydrogens (tertiary/aromatic N) is 1. The van der Waals surface area contributed by atoms with E-state index >= 15 is 0 Å². The predicted molar refractivity (Wildman–Crippen MR) is 48.0 cm³/mol. The van der Waals surface area contributed by atoms with Crippen LogP contribution < -0.4 is 5.32 Å². The van der Waals surface area contributed by atoms with E-state index in [1.54, 1.807) is 0 Å². The van der Waals surface area contributed by atoms with Gasteiger partial charge in [-0.1, -0.05) is 12.1 Å². The summed E-state index contributed by atoms with van der Waals surface area (Å²) in [5.41, 5.74) is 3.10. The third kappa shape index (κ3) is 1.04. The molecule has 0 atom stereocenters. The summed E-state index contributed by atoms with van der Waals surface area (Å²) in [5, 5.41) is 12.1. The summed E-state index contributed by atoms with van der Waals surface area (Å²) >= 11 is 0. The van der Waals surface area contributed by atoms with E-state index in [2.05, 4.69) is 17.5 Å². The van der Waals surface area contributed by atoms with Crippen LogP contribution in [0, 0.1) is 11.3 Å². The zero-order chi connectivity index (χ0) is 8.39. The van der Waals surface area contributed by atoms with Gasteiger partial charge < -0.3 is 5.32 Å². The molecule has 0 spiro atoms. The largest absolute Gasteiger partial charge is 0.384 e. The minimum atomic E-state index is 0.771. The maximum Gasteiger partial charge on any atom is 0.101 e. The molecular formula is C10H10N2. The van der Waals surface area contributed by atoms with Crippen LogP contribution in [0.3, 0.4) is 0 Å². The Morgan fingerprint density at radius 3 is 3.17 bits per heavy atom. The van der Waals surface area contributed by atoms with Crippen molar-refractivity contribution in [1.82, 2.24) is 0 Å². The fourth-order valence-electron chi connectivity index (χ4n) is 1.60.